The summed E-state index contributed by atoms with van der Waals surface area (Å²) in [6, 6.07) is 11.0. The minimum Gasteiger partial charge on any atom is -0.337 e. The molecule has 132 valence electrons. The van der Waals surface area contributed by atoms with Gasteiger partial charge in [0.05, 0.1) is 6.54 Å². The molecule has 0 saturated carbocycles. The van der Waals surface area contributed by atoms with Gasteiger partial charge in [0, 0.05) is 43.5 Å². The van der Waals surface area contributed by atoms with Gasteiger partial charge in [0.1, 0.15) is 5.82 Å². The molecule has 0 spiro atoms. The van der Waals surface area contributed by atoms with Crippen LogP contribution in [-0.4, -0.2) is 51.9 Å². The minimum atomic E-state index is -0.0995. The lowest BCUT2D eigenvalue weighted by Gasteiger charge is -2.22. The van der Waals surface area contributed by atoms with Crippen molar-refractivity contribution in [1.82, 2.24) is 19.8 Å². The Labute approximate surface area is 147 Å². The van der Waals surface area contributed by atoms with E-state index in [2.05, 4.69) is 14.9 Å². The van der Waals surface area contributed by atoms with Gasteiger partial charge in [0.2, 0.25) is 0 Å². The number of rotatable bonds is 4. The third-order valence-electron chi connectivity index (χ3n) is 4.48. The molecule has 1 aromatic heterocycles. The molecule has 0 unspecified atom stereocenters. The molecule has 2 heterocycles. The van der Waals surface area contributed by atoms with Crippen molar-refractivity contribution in [2.45, 2.75) is 26.3 Å². The molecule has 1 aromatic carbocycles. The second-order valence-electron chi connectivity index (χ2n) is 6.32. The van der Waals surface area contributed by atoms with Crippen LogP contribution in [0.15, 0.2) is 41.2 Å². The number of nitrogens with zero attached hydrogens (tertiary/aromatic N) is 3. The van der Waals surface area contributed by atoms with Crippen LogP contribution in [0.1, 0.15) is 35.2 Å². The van der Waals surface area contributed by atoms with Crippen LogP contribution in [0.3, 0.4) is 0 Å². The van der Waals surface area contributed by atoms with Crippen LogP contribution in [0.2, 0.25) is 0 Å². The molecule has 2 aromatic rings. The third kappa shape index (κ3) is 4.54. The highest BCUT2D eigenvalue weighted by atomic mass is 16.2. The van der Waals surface area contributed by atoms with Crippen LogP contribution in [0.5, 0.6) is 0 Å². The normalized spacial score (nSPS) is 15.8. The number of H-pyrrole nitrogens is 1. The van der Waals surface area contributed by atoms with Crippen LogP contribution in [0.4, 0.5) is 0 Å². The molecule has 1 saturated heterocycles. The van der Waals surface area contributed by atoms with E-state index in [0.29, 0.717) is 18.9 Å². The highest BCUT2D eigenvalue weighted by molar-refractivity contribution is 5.94. The number of carbonyl (C=O) groups excluding carboxylic acids is 1. The molecule has 25 heavy (non-hydrogen) atoms. The molecule has 1 aliphatic heterocycles. The van der Waals surface area contributed by atoms with E-state index in [-0.39, 0.29) is 11.5 Å². The van der Waals surface area contributed by atoms with Gasteiger partial charge in [-0.25, -0.2) is 4.98 Å². The topological polar surface area (TPSA) is 69.3 Å². The Morgan fingerprint density at radius 1 is 1.16 bits per heavy atom. The van der Waals surface area contributed by atoms with Crippen molar-refractivity contribution in [2.24, 2.45) is 0 Å². The van der Waals surface area contributed by atoms with E-state index in [1.54, 1.807) is 6.07 Å². The largest absolute Gasteiger partial charge is 0.337 e. The Morgan fingerprint density at radius 2 is 1.96 bits per heavy atom. The second-order valence-corrected chi connectivity index (χ2v) is 6.32. The lowest BCUT2D eigenvalue weighted by atomic mass is 10.2. The van der Waals surface area contributed by atoms with Gasteiger partial charge in [-0.2, -0.15) is 0 Å². The first-order chi connectivity index (χ1) is 12.2. The molecule has 3 rings (SSSR count). The summed E-state index contributed by atoms with van der Waals surface area (Å²) < 4.78 is 0. The summed E-state index contributed by atoms with van der Waals surface area (Å²) >= 11 is 0. The quantitative estimate of drug-likeness (QED) is 0.919. The molecule has 0 bridgehead atoms. The number of aromatic nitrogens is 2. The summed E-state index contributed by atoms with van der Waals surface area (Å²) in [6.07, 6.45) is 1.66. The number of hydrogen-bond acceptors (Lipinski definition) is 4. The standard InChI is InChI=1S/C19H24N4O2/c1-2-16-13-18(24)21-17(20-16)14-22-9-6-10-23(12-11-22)19(25)15-7-4-3-5-8-15/h3-5,7-8,13H,2,6,9-12,14H2,1H3,(H,20,21,24). The van der Waals surface area contributed by atoms with E-state index in [4.69, 9.17) is 0 Å². The Bertz CT molecular complexity index is 772. The monoisotopic (exact) mass is 340 g/mol. The van der Waals surface area contributed by atoms with Crippen LogP contribution in [0.25, 0.3) is 0 Å². The zero-order valence-electron chi connectivity index (χ0n) is 14.6. The molecular formula is C19H24N4O2. The Kier molecular flexibility index (Phi) is 5.60. The lowest BCUT2D eigenvalue weighted by molar-refractivity contribution is 0.0761. The van der Waals surface area contributed by atoms with Crippen molar-refractivity contribution in [3.05, 3.63) is 63.8 Å². The lowest BCUT2D eigenvalue weighted by Crippen LogP contribution is -2.35. The van der Waals surface area contributed by atoms with Crippen LogP contribution in [0, 0.1) is 0 Å². The van der Waals surface area contributed by atoms with Gasteiger partial charge in [0.25, 0.3) is 11.5 Å². The highest BCUT2D eigenvalue weighted by Gasteiger charge is 2.20. The summed E-state index contributed by atoms with van der Waals surface area (Å²) in [4.78, 5) is 35.8. The third-order valence-corrected chi connectivity index (χ3v) is 4.48. The van der Waals surface area contributed by atoms with Crippen molar-refractivity contribution in [2.75, 3.05) is 26.2 Å². The van der Waals surface area contributed by atoms with Crippen LogP contribution >= 0.6 is 0 Å². The molecule has 0 atom stereocenters. The number of nitrogens with one attached hydrogen (secondary N) is 1. The fraction of sp³-hybridized carbons (Fsp3) is 0.421. The molecule has 6 nitrogen and oxygen atoms in total. The van der Waals surface area contributed by atoms with Crippen molar-refractivity contribution in [3.63, 3.8) is 0 Å². The Balaban J connectivity index is 1.63. The Hall–Kier alpha value is -2.47. The van der Waals surface area contributed by atoms with Gasteiger partial charge in [-0.15, -0.1) is 0 Å². The predicted molar refractivity (Wildman–Crippen MR) is 96.5 cm³/mol. The average Bonchev–Trinajstić information content (AvgIpc) is 2.87. The van der Waals surface area contributed by atoms with E-state index in [1.165, 1.54) is 0 Å². The zero-order valence-corrected chi connectivity index (χ0v) is 14.6. The molecule has 6 heteroatoms. The summed E-state index contributed by atoms with van der Waals surface area (Å²) in [5.74, 6) is 0.786. The first-order valence-electron chi connectivity index (χ1n) is 8.81. The minimum absolute atomic E-state index is 0.0852. The SMILES string of the molecule is CCc1cc(=O)[nH]c(CN2CCCN(C(=O)c3ccccc3)CC2)n1. The average molecular weight is 340 g/mol. The van der Waals surface area contributed by atoms with Crippen molar-refractivity contribution >= 4 is 5.91 Å². The highest BCUT2D eigenvalue weighted by Crippen LogP contribution is 2.10. The first-order valence-corrected chi connectivity index (χ1v) is 8.81. The number of amides is 1. The van der Waals surface area contributed by atoms with Gasteiger partial charge >= 0.3 is 0 Å². The summed E-state index contributed by atoms with van der Waals surface area (Å²) in [5, 5.41) is 0. The van der Waals surface area contributed by atoms with Gasteiger partial charge < -0.3 is 9.88 Å². The van der Waals surface area contributed by atoms with E-state index in [9.17, 15) is 9.59 Å². The van der Waals surface area contributed by atoms with Gasteiger partial charge in [-0.1, -0.05) is 25.1 Å². The molecule has 1 N–H and O–H groups in total. The van der Waals surface area contributed by atoms with Crippen molar-refractivity contribution in [1.29, 1.82) is 0 Å². The zero-order chi connectivity index (χ0) is 17.6. The van der Waals surface area contributed by atoms with E-state index in [0.717, 1.165) is 43.7 Å². The van der Waals surface area contributed by atoms with E-state index < -0.39 is 0 Å². The second kappa shape index (κ2) is 8.07. The maximum absolute atomic E-state index is 12.6. The van der Waals surface area contributed by atoms with Crippen LogP contribution < -0.4 is 5.56 Å². The van der Waals surface area contributed by atoms with Gasteiger partial charge in [0.15, 0.2) is 0 Å². The number of hydrogen-bond donors (Lipinski definition) is 1. The smallest absolute Gasteiger partial charge is 0.253 e. The summed E-state index contributed by atoms with van der Waals surface area (Å²) in [6.45, 7) is 5.70. The number of aryl methyl sites for hydroxylation is 1. The number of carbonyl (C=O) groups is 1. The maximum Gasteiger partial charge on any atom is 0.253 e. The van der Waals surface area contributed by atoms with Crippen LogP contribution in [-0.2, 0) is 13.0 Å². The fourth-order valence-electron chi connectivity index (χ4n) is 3.13. The molecule has 1 amide bonds. The number of benzene rings is 1. The van der Waals surface area contributed by atoms with Gasteiger partial charge in [-0.05, 0) is 25.0 Å². The number of aromatic amines is 1. The van der Waals surface area contributed by atoms with E-state index in [1.807, 2.05) is 42.2 Å². The van der Waals surface area contributed by atoms with Gasteiger partial charge in [-0.3, -0.25) is 14.5 Å². The molecule has 0 aliphatic carbocycles. The van der Waals surface area contributed by atoms with Crippen molar-refractivity contribution < 1.29 is 4.79 Å². The molecule has 1 fully saturated rings. The van der Waals surface area contributed by atoms with E-state index >= 15 is 0 Å². The first kappa shape index (κ1) is 17.4. The fourth-order valence-corrected chi connectivity index (χ4v) is 3.13. The maximum atomic E-state index is 12.6. The predicted octanol–water partition coefficient (Wildman–Crippen LogP) is 1.68. The Morgan fingerprint density at radius 3 is 2.72 bits per heavy atom. The summed E-state index contributed by atoms with van der Waals surface area (Å²) in [7, 11) is 0. The van der Waals surface area contributed by atoms with Crippen molar-refractivity contribution in [3.8, 4) is 0 Å². The molecular weight excluding hydrogens is 316 g/mol. The summed E-state index contributed by atoms with van der Waals surface area (Å²) in [5.41, 5.74) is 1.45. The molecule has 1 aliphatic rings. The molecule has 0 radical (unpaired) electrons.